The van der Waals surface area contributed by atoms with E-state index in [1.54, 1.807) is 4.72 Å². The minimum Gasteiger partial charge on any atom is -0.394 e. The summed E-state index contributed by atoms with van der Waals surface area (Å²) in [6.45, 7) is -1.57. The molecule has 4 aromatic rings. The van der Waals surface area contributed by atoms with Crippen LogP contribution in [0.3, 0.4) is 0 Å². The first-order chi connectivity index (χ1) is 19.9. The number of rotatable bonds is 9. The number of benzene rings is 2. The molecule has 1 amide bonds. The van der Waals surface area contributed by atoms with Crippen molar-refractivity contribution >= 4 is 42.5 Å². The van der Waals surface area contributed by atoms with Crippen molar-refractivity contribution in [2.24, 2.45) is 0 Å². The molecule has 0 bridgehead atoms. The number of carbonyl (C=O) groups is 1. The van der Waals surface area contributed by atoms with Crippen molar-refractivity contribution in [3.8, 4) is 11.1 Å². The topological polar surface area (TPSA) is 159 Å². The number of aliphatic hydroxyl groups is 1. The quantitative estimate of drug-likeness (QED) is 0.236. The van der Waals surface area contributed by atoms with Crippen LogP contribution in [0.5, 0.6) is 0 Å². The van der Waals surface area contributed by atoms with E-state index < -0.39 is 67.9 Å². The van der Waals surface area contributed by atoms with Gasteiger partial charge in [-0.1, -0.05) is 0 Å². The van der Waals surface area contributed by atoms with Crippen LogP contribution in [0.1, 0.15) is 21.6 Å². The number of nitrogens with one attached hydrogen (secondary N) is 2. The monoisotopic (exact) mass is 644 g/mol. The van der Waals surface area contributed by atoms with Gasteiger partial charge in [-0.3, -0.25) is 13.9 Å². The van der Waals surface area contributed by atoms with Crippen LogP contribution >= 0.6 is 0 Å². The second kappa shape index (κ2) is 11.5. The molecule has 4 rings (SSSR count). The van der Waals surface area contributed by atoms with E-state index in [-0.39, 0.29) is 39.8 Å². The van der Waals surface area contributed by atoms with E-state index in [4.69, 9.17) is 0 Å². The summed E-state index contributed by atoms with van der Waals surface area (Å²) in [6, 6.07) is 8.10. The van der Waals surface area contributed by atoms with Crippen LogP contribution < -0.4 is 14.6 Å². The zero-order chi connectivity index (χ0) is 31.9. The Bertz CT molecular complexity index is 2000. The highest BCUT2D eigenvalue weighted by Crippen LogP contribution is 2.39. The molecule has 0 spiro atoms. The number of sulfonamides is 2. The summed E-state index contributed by atoms with van der Waals surface area (Å²) in [5, 5.41) is 9.09. The van der Waals surface area contributed by atoms with E-state index in [1.165, 1.54) is 18.3 Å². The first-order valence-electron chi connectivity index (χ1n) is 12.2. The van der Waals surface area contributed by atoms with Crippen molar-refractivity contribution in [2.75, 3.05) is 30.0 Å². The van der Waals surface area contributed by atoms with Gasteiger partial charge in [-0.05, 0) is 48.5 Å². The average Bonchev–Trinajstić information content (AvgIpc) is 3.20. The van der Waals surface area contributed by atoms with Crippen LogP contribution in [0, 0.1) is 5.82 Å². The number of nitrogens with zero attached hydrogens (tertiary/aromatic N) is 2. The standard InChI is InChI=1S/C26H24F4N4O7S2/c1-42(38,39)32-25(37)23-22(18-4-3-9-31-24(18)36)19-13-16(26(28,29)30)5-8-21(19)33(23)14-15-12-17(6-7-20(15)27)34(10-11-35)43(2,40)41/h3-9,12-13,35H,10-11,14H2,1-2H3,(H,31,36)(H,32,37). The third kappa shape index (κ3) is 6.73. The Morgan fingerprint density at radius 1 is 1.07 bits per heavy atom. The Morgan fingerprint density at radius 3 is 2.35 bits per heavy atom. The molecule has 0 saturated carbocycles. The minimum atomic E-state index is -4.84. The lowest BCUT2D eigenvalue weighted by atomic mass is 10.0. The molecule has 2 aromatic carbocycles. The number of carbonyl (C=O) groups excluding carboxylic acids is 1. The average molecular weight is 645 g/mol. The summed E-state index contributed by atoms with van der Waals surface area (Å²) in [4.78, 5) is 28.6. The number of hydrogen-bond donors (Lipinski definition) is 3. The van der Waals surface area contributed by atoms with Gasteiger partial charge in [0.25, 0.3) is 11.5 Å². The molecule has 0 unspecified atom stereocenters. The number of hydrogen-bond acceptors (Lipinski definition) is 7. The highest BCUT2D eigenvalue weighted by molar-refractivity contribution is 7.92. The van der Waals surface area contributed by atoms with Crippen LogP contribution in [0.25, 0.3) is 22.0 Å². The molecule has 0 aliphatic rings. The summed E-state index contributed by atoms with van der Waals surface area (Å²) in [7, 11) is -8.18. The van der Waals surface area contributed by atoms with Gasteiger partial charge < -0.3 is 14.7 Å². The zero-order valence-electron chi connectivity index (χ0n) is 22.4. The first kappa shape index (κ1) is 31.7. The number of pyridine rings is 1. The van der Waals surface area contributed by atoms with E-state index in [0.29, 0.717) is 18.4 Å². The minimum absolute atomic E-state index is 0.0642. The Kier molecular flexibility index (Phi) is 8.45. The largest absolute Gasteiger partial charge is 0.416 e. The SMILES string of the molecule is CS(=O)(=O)NC(=O)c1c(-c2ccc[nH]c2=O)c2cc(C(F)(F)F)ccc2n1Cc1cc(N(CCO)S(C)(=O)=O)ccc1F. The Labute approximate surface area is 242 Å². The van der Waals surface area contributed by atoms with Gasteiger partial charge in [0.15, 0.2) is 0 Å². The van der Waals surface area contributed by atoms with Crippen LogP contribution in [-0.2, 0) is 32.8 Å². The molecular formula is C26H24F4N4O7S2. The molecule has 230 valence electrons. The second-order valence-electron chi connectivity index (χ2n) is 9.49. The van der Waals surface area contributed by atoms with Crippen molar-refractivity contribution < 1.29 is 44.3 Å². The number of halogens is 4. The van der Waals surface area contributed by atoms with Gasteiger partial charge in [0.2, 0.25) is 20.0 Å². The molecule has 0 fully saturated rings. The number of aromatic nitrogens is 2. The number of anilines is 1. The Balaban J connectivity index is 2.09. The van der Waals surface area contributed by atoms with Gasteiger partial charge in [0, 0.05) is 33.8 Å². The molecular weight excluding hydrogens is 620 g/mol. The summed E-state index contributed by atoms with van der Waals surface area (Å²) < 4.78 is 109. The molecule has 43 heavy (non-hydrogen) atoms. The van der Waals surface area contributed by atoms with Crippen molar-refractivity contribution in [3.63, 3.8) is 0 Å². The maximum absolute atomic E-state index is 15.2. The molecule has 0 radical (unpaired) electrons. The lowest BCUT2D eigenvalue weighted by Crippen LogP contribution is -2.33. The predicted molar refractivity (Wildman–Crippen MR) is 150 cm³/mol. The maximum atomic E-state index is 15.2. The number of aromatic amines is 1. The van der Waals surface area contributed by atoms with E-state index in [9.17, 15) is 44.7 Å². The van der Waals surface area contributed by atoms with Gasteiger partial charge in [-0.15, -0.1) is 0 Å². The van der Waals surface area contributed by atoms with Gasteiger partial charge in [0.05, 0.1) is 43.5 Å². The summed E-state index contributed by atoms with van der Waals surface area (Å²) in [5.41, 5.74) is -3.55. The molecule has 0 aliphatic carbocycles. The van der Waals surface area contributed by atoms with Crippen molar-refractivity contribution in [2.45, 2.75) is 12.7 Å². The van der Waals surface area contributed by atoms with Crippen molar-refractivity contribution in [1.82, 2.24) is 14.3 Å². The van der Waals surface area contributed by atoms with Crippen LogP contribution in [0.2, 0.25) is 0 Å². The molecule has 0 atom stereocenters. The first-order valence-corrected chi connectivity index (χ1v) is 16.0. The molecule has 2 aromatic heterocycles. The predicted octanol–water partition coefficient (Wildman–Crippen LogP) is 2.65. The normalized spacial score (nSPS) is 12.4. The van der Waals surface area contributed by atoms with Crippen molar-refractivity contribution in [3.05, 3.63) is 87.7 Å². The van der Waals surface area contributed by atoms with E-state index in [2.05, 4.69) is 4.98 Å². The molecule has 17 heteroatoms. The number of aliphatic hydroxyl groups excluding tert-OH is 1. The van der Waals surface area contributed by atoms with Crippen LogP contribution in [-0.4, -0.2) is 63.1 Å². The van der Waals surface area contributed by atoms with Gasteiger partial charge in [-0.25, -0.2) is 25.9 Å². The fourth-order valence-corrected chi connectivity index (χ4v) is 5.97. The van der Waals surface area contributed by atoms with Gasteiger partial charge in [-0.2, -0.15) is 13.2 Å². The lowest BCUT2D eigenvalue weighted by molar-refractivity contribution is -0.137. The Morgan fingerprint density at radius 2 is 1.77 bits per heavy atom. The lowest BCUT2D eigenvalue weighted by Gasteiger charge is -2.22. The maximum Gasteiger partial charge on any atom is 0.416 e. The van der Waals surface area contributed by atoms with Crippen LogP contribution in [0.4, 0.5) is 23.2 Å². The van der Waals surface area contributed by atoms with E-state index >= 15 is 4.39 Å². The van der Waals surface area contributed by atoms with Gasteiger partial charge in [0.1, 0.15) is 11.5 Å². The number of amides is 1. The number of H-pyrrole nitrogens is 1. The summed E-state index contributed by atoms with van der Waals surface area (Å²) >= 11 is 0. The zero-order valence-corrected chi connectivity index (χ0v) is 24.1. The van der Waals surface area contributed by atoms with E-state index in [0.717, 1.165) is 39.4 Å². The second-order valence-corrected chi connectivity index (χ2v) is 13.1. The van der Waals surface area contributed by atoms with E-state index in [1.807, 2.05) is 0 Å². The third-order valence-corrected chi connectivity index (χ3v) is 8.07. The smallest absolute Gasteiger partial charge is 0.394 e. The van der Waals surface area contributed by atoms with Crippen molar-refractivity contribution in [1.29, 1.82) is 0 Å². The van der Waals surface area contributed by atoms with Gasteiger partial charge >= 0.3 is 6.18 Å². The molecule has 0 aliphatic heterocycles. The molecule has 3 N–H and O–H groups in total. The number of alkyl halides is 3. The summed E-state index contributed by atoms with van der Waals surface area (Å²) in [5.74, 6) is -2.22. The highest BCUT2D eigenvalue weighted by Gasteiger charge is 2.33. The molecule has 0 saturated heterocycles. The fourth-order valence-electron chi connectivity index (χ4n) is 4.62. The fraction of sp³-hybridized carbons (Fsp3) is 0.231. The Hall–Kier alpha value is -4.22. The summed E-state index contributed by atoms with van der Waals surface area (Å²) in [6.07, 6.45) is -2.07. The number of fused-ring (bicyclic) bond motifs is 1. The van der Waals surface area contributed by atoms with Crippen LogP contribution in [0.15, 0.2) is 59.5 Å². The molecule has 2 heterocycles. The third-order valence-electron chi connectivity index (χ3n) is 6.32. The molecule has 11 nitrogen and oxygen atoms in total. The highest BCUT2D eigenvalue weighted by atomic mass is 32.2.